The predicted molar refractivity (Wildman–Crippen MR) is 85.1 cm³/mol. The van der Waals surface area contributed by atoms with E-state index in [9.17, 15) is 9.18 Å². The summed E-state index contributed by atoms with van der Waals surface area (Å²) in [5.41, 5.74) is 8.89. The molecule has 1 aromatic carbocycles. The van der Waals surface area contributed by atoms with Crippen molar-refractivity contribution in [3.8, 4) is 0 Å². The van der Waals surface area contributed by atoms with Gasteiger partial charge in [-0.05, 0) is 49.9 Å². The molecule has 0 spiro atoms. The molecule has 0 fully saturated rings. The number of nitrogens with two attached hydrogens (primary N) is 1. The molecular weight excluding hydrogens is 281 g/mol. The zero-order chi connectivity index (χ0) is 15.7. The lowest BCUT2D eigenvalue weighted by Gasteiger charge is -2.23. The van der Waals surface area contributed by atoms with Gasteiger partial charge in [-0.15, -0.1) is 0 Å². The molecule has 1 atom stereocenters. The number of nitrogens with one attached hydrogen (secondary N) is 1. The Hall–Kier alpha value is -1.88. The van der Waals surface area contributed by atoms with Gasteiger partial charge in [0.15, 0.2) is 0 Å². The van der Waals surface area contributed by atoms with Crippen LogP contribution in [0.2, 0.25) is 0 Å². The van der Waals surface area contributed by atoms with Crippen molar-refractivity contribution in [2.45, 2.75) is 32.7 Å². The number of rotatable bonds is 4. The van der Waals surface area contributed by atoms with Crippen molar-refractivity contribution in [3.63, 3.8) is 0 Å². The van der Waals surface area contributed by atoms with E-state index in [-0.39, 0.29) is 17.6 Å². The molecular formula is C17H22FN3O. The summed E-state index contributed by atoms with van der Waals surface area (Å²) in [6.07, 6.45) is 2.38. The minimum absolute atomic E-state index is 0.0433. The van der Waals surface area contributed by atoms with Crippen LogP contribution >= 0.6 is 0 Å². The number of carbonyl (C=O) groups is 1. The fourth-order valence-corrected chi connectivity index (χ4v) is 3.55. The molecule has 2 aromatic rings. The Morgan fingerprint density at radius 3 is 3.05 bits per heavy atom. The van der Waals surface area contributed by atoms with E-state index in [2.05, 4.69) is 16.8 Å². The van der Waals surface area contributed by atoms with Crippen LogP contribution in [0.5, 0.6) is 0 Å². The van der Waals surface area contributed by atoms with Crippen LogP contribution in [0.25, 0.3) is 10.9 Å². The summed E-state index contributed by atoms with van der Waals surface area (Å²) in [6, 6.07) is 4.95. The van der Waals surface area contributed by atoms with Gasteiger partial charge in [-0.2, -0.15) is 0 Å². The minimum Gasteiger partial charge on any atom is -0.355 e. The third-order valence-electron chi connectivity index (χ3n) is 4.56. The Labute approximate surface area is 129 Å². The maximum Gasteiger partial charge on any atom is 0.223 e. The van der Waals surface area contributed by atoms with Crippen LogP contribution in [0.3, 0.4) is 0 Å². The number of hydrogen-bond donors (Lipinski definition) is 2. The number of hydrogen-bond acceptors (Lipinski definition) is 2. The third kappa shape index (κ3) is 2.50. The van der Waals surface area contributed by atoms with Crippen molar-refractivity contribution >= 4 is 16.8 Å². The number of nitrogens with zero attached hydrogens (tertiary/aromatic N) is 1. The molecule has 118 valence electrons. The highest BCUT2D eigenvalue weighted by Gasteiger charge is 2.29. The number of halogens is 1. The van der Waals surface area contributed by atoms with Crippen LogP contribution in [-0.2, 0) is 24.2 Å². The number of benzene rings is 1. The molecule has 1 aromatic heterocycles. The smallest absolute Gasteiger partial charge is 0.223 e. The van der Waals surface area contributed by atoms with Crippen molar-refractivity contribution < 1.29 is 9.18 Å². The molecule has 1 heterocycles. The molecule has 1 aliphatic carbocycles. The second-order valence-corrected chi connectivity index (χ2v) is 5.85. The van der Waals surface area contributed by atoms with Crippen molar-refractivity contribution in [1.82, 2.24) is 9.88 Å². The first-order chi connectivity index (χ1) is 10.7. The average Bonchev–Trinajstić information content (AvgIpc) is 2.84. The lowest BCUT2D eigenvalue weighted by atomic mass is 9.85. The van der Waals surface area contributed by atoms with E-state index in [1.54, 1.807) is 6.07 Å². The molecule has 22 heavy (non-hydrogen) atoms. The van der Waals surface area contributed by atoms with E-state index in [0.29, 0.717) is 19.5 Å². The molecule has 0 saturated carbocycles. The van der Waals surface area contributed by atoms with Gasteiger partial charge in [0.1, 0.15) is 5.82 Å². The van der Waals surface area contributed by atoms with Gasteiger partial charge in [0.25, 0.3) is 0 Å². The molecule has 0 aliphatic heterocycles. The molecule has 3 rings (SSSR count). The molecule has 0 saturated heterocycles. The number of amides is 1. The minimum atomic E-state index is -0.224. The quantitative estimate of drug-likeness (QED) is 0.907. The van der Waals surface area contributed by atoms with Gasteiger partial charge in [-0.1, -0.05) is 0 Å². The monoisotopic (exact) mass is 303 g/mol. The summed E-state index contributed by atoms with van der Waals surface area (Å²) in [6.45, 7) is 3.92. The van der Waals surface area contributed by atoms with Crippen LogP contribution in [0.4, 0.5) is 4.39 Å². The van der Waals surface area contributed by atoms with Crippen LogP contribution in [0.1, 0.15) is 24.6 Å². The summed E-state index contributed by atoms with van der Waals surface area (Å²) in [7, 11) is 0. The van der Waals surface area contributed by atoms with Gasteiger partial charge >= 0.3 is 0 Å². The van der Waals surface area contributed by atoms with E-state index in [1.165, 1.54) is 11.8 Å². The number of aromatic nitrogens is 1. The van der Waals surface area contributed by atoms with E-state index < -0.39 is 0 Å². The predicted octanol–water partition coefficient (Wildman–Crippen LogP) is 1.98. The zero-order valence-electron chi connectivity index (χ0n) is 12.9. The summed E-state index contributed by atoms with van der Waals surface area (Å²) in [4.78, 5) is 12.2. The van der Waals surface area contributed by atoms with Gasteiger partial charge in [-0.3, -0.25) is 4.79 Å². The Bertz CT molecular complexity index is 707. The van der Waals surface area contributed by atoms with Crippen molar-refractivity contribution in [2.75, 3.05) is 13.1 Å². The summed E-state index contributed by atoms with van der Waals surface area (Å²) in [5.74, 6) is -0.207. The van der Waals surface area contributed by atoms with Crippen LogP contribution in [0, 0.1) is 11.7 Å². The van der Waals surface area contributed by atoms with E-state index in [0.717, 1.165) is 35.9 Å². The standard InChI is InChI=1S/C17H22FN3O/c1-2-21-15-5-3-11(17(22)20-8-7-19)9-13(15)14-10-12(18)4-6-16(14)21/h4,6,10-11H,2-3,5,7-9,19H2,1H3,(H,20,22). The normalized spacial score (nSPS) is 17.5. The van der Waals surface area contributed by atoms with Crippen molar-refractivity contribution in [3.05, 3.63) is 35.3 Å². The number of fused-ring (bicyclic) bond motifs is 3. The fraction of sp³-hybridized carbons (Fsp3) is 0.471. The largest absolute Gasteiger partial charge is 0.355 e. The first-order valence-corrected chi connectivity index (χ1v) is 7.93. The molecule has 1 aliphatic rings. The van der Waals surface area contributed by atoms with Crippen LogP contribution in [-0.4, -0.2) is 23.6 Å². The highest BCUT2D eigenvalue weighted by atomic mass is 19.1. The van der Waals surface area contributed by atoms with Gasteiger partial charge in [-0.25, -0.2) is 4.39 Å². The first kappa shape index (κ1) is 15.0. The molecule has 1 unspecified atom stereocenters. The van der Waals surface area contributed by atoms with Crippen LogP contribution in [0.15, 0.2) is 18.2 Å². The number of aryl methyl sites for hydroxylation is 1. The van der Waals surface area contributed by atoms with E-state index >= 15 is 0 Å². The summed E-state index contributed by atoms with van der Waals surface area (Å²) >= 11 is 0. The molecule has 0 radical (unpaired) electrons. The van der Waals surface area contributed by atoms with Gasteiger partial charge in [0, 0.05) is 42.1 Å². The van der Waals surface area contributed by atoms with Gasteiger partial charge < -0.3 is 15.6 Å². The topological polar surface area (TPSA) is 60.0 Å². The maximum absolute atomic E-state index is 13.6. The third-order valence-corrected chi connectivity index (χ3v) is 4.56. The van der Waals surface area contributed by atoms with Crippen molar-refractivity contribution in [2.24, 2.45) is 11.7 Å². The Balaban J connectivity index is 1.98. The van der Waals surface area contributed by atoms with E-state index in [4.69, 9.17) is 5.73 Å². The Morgan fingerprint density at radius 1 is 1.50 bits per heavy atom. The number of carbonyl (C=O) groups excluding carboxylic acids is 1. The fourth-order valence-electron chi connectivity index (χ4n) is 3.55. The highest BCUT2D eigenvalue weighted by molar-refractivity contribution is 5.87. The molecule has 3 N–H and O–H groups in total. The maximum atomic E-state index is 13.6. The molecule has 0 bridgehead atoms. The highest BCUT2D eigenvalue weighted by Crippen LogP contribution is 2.34. The SMILES string of the molecule is CCn1c2c(c3cc(F)ccc31)CC(C(=O)NCCN)CC2. The molecule has 4 nitrogen and oxygen atoms in total. The zero-order valence-corrected chi connectivity index (χ0v) is 12.9. The summed E-state index contributed by atoms with van der Waals surface area (Å²) < 4.78 is 15.9. The Morgan fingerprint density at radius 2 is 2.32 bits per heavy atom. The Kier molecular flexibility index (Phi) is 4.16. The van der Waals surface area contributed by atoms with E-state index in [1.807, 2.05) is 6.07 Å². The van der Waals surface area contributed by atoms with Gasteiger partial charge in [0.05, 0.1) is 0 Å². The van der Waals surface area contributed by atoms with Gasteiger partial charge in [0.2, 0.25) is 5.91 Å². The lowest BCUT2D eigenvalue weighted by molar-refractivity contribution is -0.125. The second-order valence-electron chi connectivity index (χ2n) is 5.85. The average molecular weight is 303 g/mol. The molecule has 1 amide bonds. The molecule has 5 heteroatoms. The lowest BCUT2D eigenvalue weighted by Crippen LogP contribution is -2.36. The van der Waals surface area contributed by atoms with Crippen LogP contribution < -0.4 is 11.1 Å². The first-order valence-electron chi connectivity index (χ1n) is 7.93. The second kappa shape index (κ2) is 6.08. The summed E-state index contributed by atoms with van der Waals surface area (Å²) in [5, 5.41) is 3.82. The van der Waals surface area contributed by atoms with Crippen molar-refractivity contribution in [1.29, 1.82) is 0 Å².